The Labute approximate surface area is 176 Å². The van der Waals surface area contributed by atoms with Gasteiger partial charge in [0.2, 0.25) is 5.91 Å². The smallest absolute Gasteiger partial charge is 0.227 e. The second-order valence-corrected chi connectivity index (χ2v) is 8.11. The van der Waals surface area contributed by atoms with Crippen LogP contribution in [-0.4, -0.2) is 56.8 Å². The van der Waals surface area contributed by atoms with Gasteiger partial charge in [0.05, 0.1) is 32.7 Å². The molecule has 1 fully saturated rings. The number of halogens is 1. The van der Waals surface area contributed by atoms with E-state index >= 15 is 0 Å². The van der Waals surface area contributed by atoms with Crippen molar-refractivity contribution in [3.63, 3.8) is 0 Å². The third-order valence-electron chi connectivity index (χ3n) is 5.24. The van der Waals surface area contributed by atoms with Gasteiger partial charge in [0.25, 0.3) is 0 Å². The van der Waals surface area contributed by atoms with Crippen LogP contribution < -0.4 is 29.3 Å². The van der Waals surface area contributed by atoms with Gasteiger partial charge in [-0.3, -0.25) is 4.79 Å². The first-order chi connectivity index (χ1) is 11.9. The van der Waals surface area contributed by atoms with Crippen LogP contribution in [0.15, 0.2) is 24.3 Å². The minimum Gasteiger partial charge on any atom is -1.00 e. The van der Waals surface area contributed by atoms with Crippen LogP contribution in [0.25, 0.3) is 0 Å². The molecule has 5 heteroatoms. The summed E-state index contributed by atoms with van der Waals surface area (Å²) in [6, 6.07) is 8.51. The Morgan fingerprint density at radius 3 is 2.35 bits per heavy atom. The third-order valence-corrected chi connectivity index (χ3v) is 5.24. The monoisotopic (exact) mass is 474 g/mol. The fourth-order valence-corrected chi connectivity index (χ4v) is 3.40. The number of hydrogen-bond donors (Lipinski definition) is 1. The molecule has 0 spiro atoms. The van der Waals surface area contributed by atoms with Crippen LogP contribution in [0.5, 0.6) is 0 Å². The van der Waals surface area contributed by atoms with Gasteiger partial charge < -0.3 is 38.5 Å². The molecule has 1 aliphatic heterocycles. The predicted octanol–water partition coefficient (Wildman–Crippen LogP) is -0.0243. The largest absolute Gasteiger partial charge is 1.00 e. The molecule has 26 heavy (non-hydrogen) atoms. The molecule has 1 aromatic rings. The van der Waals surface area contributed by atoms with E-state index in [0.29, 0.717) is 5.92 Å². The highest BCUT2D eigenvalue weighted by Crippen LogP contribution is 2.18. The number of hydrogen-bond acceptors (Lipinski definition) is 2. The van der Waals surface area contributed by atoms with Crippen molar-refractivity contribution >= 4 is 5.91 Å². The van der Waals surface area contributed by atoms with Crippen LogP contribution in [0, 0.1) is 5.92 Å². The van der Waals surface area contributed by atoms with E-state index in [9.17, 15) is 4.79 Å². The first kappa shape index (κ1) is 23.4. The number of nitrogens with zero attached hydrogens (tertiary/aromatic N) is 1. The third kappa shape index (κ3) is 7.53. The molecular weight excluding hydrogens is 439 g/mol. The van der Waals surface area contributed by atoms with Gasteiger partial charge in [-0.1, -0.05) is 38.1 Å². The Balaban J connectivity index is 0.00000338. The normalized spacial score (nSPS) is 17.4. The minimum absolute atomic E-state index is 0. The summed E-state index contributed by atoms with van der Waals surface area (Å²) in [5.74, 6) is 0.685. The molecule has 0 unspecified atom stereocenters. The fraction of sp³-hybridized carbons (Fsp3) is 0.667. The lowest BCUT2D eigenvalue weighted by Gasteiger charge is -2.37. The van der Waals surface area contributed by atoms with E-state index in [4.69, 9.17) is 4.74 Å². The van der Waals surface area contributed by atoms with Gasteiger partial charge in [0, 0.05) is 13.0 Å². The van der Waals surface area contributed by atoms with Crippen LogP contribution in [0.3, 0.4) is 0 Å². The topological polar surface area (TPSA) is 38.3 Å². The molecule has 1 atom stereocenters. The molecule has 0 bridgehead atoms. The standard InChI is InChI=1S/C21H34N2O2.HI/c1-17(2)16-19-6-8-20(9-7-19)18(3)21(24)22-10-5-11-23(4)12-14-25-15-13-23;/h6-9,17-18H,5,10-16H2,1-4H3;1H/t18-;/m1./s1. The van der Waals surface area contributed by atoms with Gasteiger partial charge >= 0.3 is 0 Å². The number of benzene rings is 1. The van der Waals surface area contributed by atoms with Crippen molar-refractivity contribution in [1.29, 1.82) is 0 Å². The number of likely N-dealkylation sites (N-methyl/N-ethyl adjacent to an activating group) is 1. The second kappa shape index (κ2) is 11.2. The molecule has 0 aromatic heterocycles. The molecule has 0 radical (unpaired) electrons. The second-order valence-electron chi connectivity index (χ2n) is 8.11. The van der Waals surface area contributed by atoms with E-state index in [0.717, 1.165) is 62.3 Å². The Morgan fingerprint density at radius 1 is 1.15 bits per heavy atom. The quantitative estimate of drug-likeness (QED) is 0.327. The average molecular weight is 474 g/mol. The molecular formula is C21H35IN2O2. The molecule has 1 heterocycles. The summed E-state index contributed by atoms with van der Waals surface area (Å²) >= 11 is 0. The summed E-state index contributed by atoms with van der Waals surface area (Å²) in [7, 11) is 2.28. The molecule has 2 rings (SSSR count). The van der Waals surface area contributed by atoms with Crippen molar-refractivity contribution in [2.45, 2.75) is 39.5 Å². The van der Waals surface area contributed by atoms with E-state index in [1.165, 1.54) is 5.56 Å². The minimum atomic E-state index is -0.0961. The number of amides is 1. The lowest BCUT2D eigenvalue weighted by atomic mass is 9.96. The number of rotatable bonds is 8. The Hall–Kier alpha value is -0.660. The molecule has 148 valence electrons. The van der Waals surface area contributed by atoms with Gasteiger partial charge in [-0.05, 0) is 30.4 Å². The zero-order valence-corrected chi connectivity index (χ0v) is 18.9. The van der Waals surface area contributed by atoms with E-state index in [1.54, 1.807) is 0 Å². The SMILES string of the molecule is CC(C)Cc1ccc([C@@H](C)C(=O)NCCC[N+]2(C)CCOCC2)cc1.[I-]. The van der Waals surface area contributed by atoms with E-state index < -0.39 is 0 Å². The first-order valence-electron chi connectivity index (χ1n) is 9.67. The van der Waals surface area contributed by atoms with Crippen LogP contribution in [0.4, 0.5) is 0 Å². The summed E-state index contributed by atoms with van der Waals surface area (Å²) in [6.07, 6.45) is 2.10. The Bertz CT molecular complexity index is 539. The van der Waals surface area contributed by atoms with Gasteiger partial charge in [0.1, 0.15) is 13.1 Å². The van der Waals surface area contributed by atoms with Crippen molar-refractivity contribution in [3.05, 3.63) is 35.4 Å². The maximum absolute atomic E-state index is 12.4. The van der Waals surface area contributed by atoms with Crippen LogP contribution >= 0.6 is 0 Å². The van der Waals surface area contributed by atoms with Crippen LogP contribution in [0.1, 0.15) is 44.2 Å². The van der Waals surface area contributed by atoms with Gasteiger partial charge in [-0.15, -0.1) is 0 Å². The molecule has 1 aliphatic rings. The Kier molecular flexibility index (Phi) is 10.1. The molecule has 4 nitrogen and oxygen atoms in total. The zero-order valence-electron chi connectivity index (χ0n) is 16.8. The van der Waals surface area contributed by atoms with E-state index in [-0.39, 0.29) is 35.8 Å². The van der Waals surface area contributed by atoms with Gasteiger partial charge in [-0.2, -0.15) is 0 Å². The predicted molar refractivity (Wildman–Crippen MR) is 103 cm³/mol. The van der Waals surface area contributed by atoms with Crippen LogP contribution in [0.2, 0.25) is 0 Å². The highest BCUT2D eigenvalue weighted by Gasteiger charge is 2.24. The Morgan fingerprint density at radius 2 is 1.77 bits per heavy atom. The first-order valence-corrected chi connectivity index (χ1v) is 9.67. The van der Waals surface area contributed by atoms with Gasteiger partial charge in [-0.25, -0.2) is 0 Å². The van der Waals surface area contributed by atoms with E-state index in [1.807, 2.05) is 6.92 Å². The molecule has 1 saturated heterocycles. The number of nitrogens with one attached hydrogen (secondary N) is 1. The lowest BCUT2D eigenvalue weighted by molar-refractivity contribution is -0.916. The summed E-state index contributed by atoms with van der Waals surface area (Å²) in [5.41, 5.74) is 2.44. The summed E-state index contributed by atoms with van der Waals surface area (Å²) < 4.78 is 6.49. The number of quaternary nitrogens is 1. The van der Waals surface area contributed by atoms with Crippen molar-refractivity contribution in [2.75, 3.05) is 46.4 Å². The molecule has 0 saturated carbocycles. The molecule has 1 amide bonds. The van der Waals surface area contributed by atoms with Crippen molar-refractivity contribution < 1.29 is 38.0 Å². The highest BCUT2D eigenvalue weighted by atomic mass is 127. The van der Waals surface area contributed by atoms with Crippen molar-refractivity contribution in [2.24, 2.45) is 5.92 Å². The number of carbonyl (C=O) groups excluding carboxylic acids is 1. The number of morpholine rings is 1. The summed E-state index contributed by atoms with van der Waals surface area (Å²) in [6.45, 7) is 12.2. The van der Waals surface area contributed by atoms with E-state index in [2.05, 4.69) is 50.5 Å². The zero-order chi connectivity index (χ0) is 18.3. The maximum atomic E-state index is 12.4. The lowest BCUT2D eigenvalue weighted by Crippen LogP contribution is -3.00. The fourth-order valence-electron chi connectivity index (χ4n) is 3.40. The van der Waals surface area contributed by atoms with Crippen LogP contribution in [-0.2, 0) is 16.0 Å². The van der Waals surface area contributed by atoms with Crippen molar-refractivity contribution in [3.8, 4) is 0 Å². The number of carbonyl (C=O) groups is 1. The molecule has 1 aromatic carbocycles. The summed E-state index contributed by atoms with van der Waals surface area (Å²) in [5, 5.41) is 3.10. The number of ether oxygens (including phenoxy) is 1. The maximum Gasteiger partial charge on any atom is 0.227 e. The molecule has 0 aliphatic carbocycles. The summed E-state index contributed by atoms with van der Waals surface area (Å²) in [4.78, 5) is 12.4. The average Bonchev–Trinajstić information content (AvgIpc) is 2.59. The molecule has 1 N–H and O–H groups in total. The van der Waals surface area contributed by atoms with Gasteiger partial charge in [0.15, 0.2) is 0 Å². The highest BCUT2D eigenvalue weighted by molar-refractivity contribution is 5.83. The van der Waals surface area contributed by atoms with Crippen molar-refractivity contribution in [1.82, 2.24) is 5.32 Å².